The number of benzene rings is 1. The van der Waals surface area contributed by atoms with Gasteiger partial charge in [0.05, 0.1) is 0 Å². The van der Waals surface area contributed by atoms with Crippen molar-refractivity contribution in [1.82, 2.24) is 5.01 Å². The SMILES string of the molecule is Cc1ccccc1N1CCN(N)CC1.Cl.Cl. The summed E-state index contributed by atoms with van der Waals surface area (Å²) in [6.07, 6.45) is 0. The van der Waals surface area contributed by atoms with Crippen LogP contribution in [0, 0.1) is 6.92 Å². The van der Waals surface area contributed by atoms with Crippen molar-refractivity contribution in [2.45, 2.75) is 6.92 Å². The van der Waals surface area contributed by atoms with Gasteiger partial charge in [-0.25, -0.2) is 5.01 Å². The summed E-state index contributed by atoms with van der Waals surface area (Å²) in [5.74, 6) is 5.72. The molecule has 0 aromatic heterocycles. The fourth-order valence-corrected chi connectivity index (χ4v) is 1.88. The molecule has 0 atom stereocenters. The van der Waals surface area contributed by atoms with Crippen LogP contribution in [0.25, 0.3) is 0 Å². The van der Waals surface area contributed by atoms with Crippen LogP contribution in [0.3, 0.4) is 0 Å². The van der Waals surface area contributed by atoms with Gasteiger partial charge in [0, 0.05) is 31.9 Å². The molecule has 0 spiro atoms. The zero-order valence-corrected chi connectivity index (χ0v) is 11.1. The van der Waals surface area contributed by atoms with E-state index in [0.29, 0.717) is 0 Å². The quantitative estimate of drug-likeness (QED) is 0.785. The maximum Gasteiger partial charge on any atom is 0.0396 e. The van der Waals surface area contributed by atoms with E-state index in [4.69, 9.17) is 5.84 Å². The molecule has 0 amide bonds. The summed E-state index contributed by atoms with van der Waals surface area (Å²) < 4.78 is 0. The smallest absolute Gasteiger partial charge is 0.0396 e. The van der Waals surface area contributed by atoms with Crippen molar-refractivity contribution in [2.24, 2.45) is 5.84 Å². The Bertz CT molecular complexity index is 312. The van der Waals surface area contributed by atoms with Crippen LogP contribution >= 0.6 is 24.8 Å². The summed E-state index contributed by atoms with van der Waals surface area (Å²) in [6, 6.07) is 8.51. The lowest BCUT2D eigenvalue weighted by Crippen LogP contribution is -2.49. The number of piperazine rings is 1. The molecule has 0 radical (unpaired) electrons. The first kappa shape index (κ1) is 15.5. The van der Waals surface area contributed by atoms with E-state index in [1.54, 1.807) is 0 Å². The molecule has 1 heterocycles. The first-order valence-electron chi connectivity index (χ1n) is 5.07. The molecule has 2 rings (SSSR count). The van der Waals surface area contributed by atoms with Crippen molar-refractivity contribution in [1.29, 1.82) is 0 Å². The van der Waals surface area contributed by atoms with Gasteiger partial charge in [0.15, 0.2) is 0 Å². The molecule has 1 aliphatic heterocycles. The highest BCUT2D eigenvalue weighted by Crippen LogP contribution is 2.19. The molecule has 1 saturated heterocycles. The number of hydrogen-bond donors (Lipinski definition) is 1. The van der Waals surface area contributed by atoms with Gasteiger partial charge < -0.3 is 4.90 Å². The third kappa shape index (κ3) is 3.52. The van der Waals surface area contributed by atoms with Crippen LogP contribution in [0.1, 0.15) is 5.56 Å². The van der Waals surface area contributed by atoms with E-state index in [0.717, 1.165) is 26.2 Å². The Kier molecular flexibility index (Phi) is 6.76. The second-order valence-electron chi connectivity index (χ2n) is 3.81. The number of hydrogen-bond acceptors (Lipinski definition) is 3. The zero-order valence-electron chi connectivity index (χ0n) is 9.43. The number of rotatable bonds is 1. The Morgan fingerprint density at radius 2 is 1.56 bits per heavy atom. The van der Waals surface area contributed by atoms with Crippen LogP contribution in [0.4, 0.5) is 5.69 Å². The van der Waals surface area contributed by atoms with Gasteiger partial charge in [0.25, 0.3) is 0 Å². The van der Waals surface area contributed by atoms with Crippen molar-refractivity contribution < 1.29 is 0 Å². The summed E-state index contributed by atoms with van der Waals surface area (Å²) in [7, 11) is 0. The van der Waals surface area contributed by atoms with Crippen LogP contribution in [0.5, 0.6) is 0 Å². The van der Waals surface area contributed by atoms with E-state index in [1.165, 1.54) is 11.3 Å². The van der Waals surface area contributed by atoms with Gasteiger partial charge in [-0.05, 0) is 18.6 Å². The maximum absolute atomic E-state index is 5.72. The molecule has 3 nitrogen and oxygen atoms in total. The van der Waals surface area contributed by atoms with Crippen molar-refractivity contribution in [2.75, 3.05) is 31.1 Å². The van der Waals surface area contributed by atoms with Gasteiger partial charge >= 0.3 is 0 Å². The predicted molar refractivity (Wildman–Crippen MR) is 73.6 cm³/mol. The molecule has 5 heteroatoms. The van der Waals surface area contributed by atoms with E-state index < -0.39 is 0 Å². The molecule has 0 unspecified atom stereocenters. The number of anilines is 1. The second-order valence-corrected chi connectivity index (χ2v) is 3.81. The average molecular weight is 264 g/mol. The molecule has 1 aromatic carbocycles. The van der Waals surface area contributed by atoms with Gasteiger partial charge in [0.1, 0.15) is 0 Å². The largest absolute Gasteiger partial charge is 0.369 e. The first-order valence-corrected chi connectivity index (χ1v) is 5.07. The van der Waals surface area contributed by atoms with Crippen LogP contribution in [0.15, 0.2) is 24.3 Å². The van der Waals surface area contributed by atoms with Crippen LogP contribution in [0.2, 0.25) is 0 Å². The van der Waals surface area contributed by atoms with E-state index in [2.05, 4.69) is 36.1 Å². The van der Waals surface area contributed by atoms with Gasteiger partial charge in [-0.15, -0.1) is 24.8 Å². The molecular weight excluding hydrogens is 245 g/mol. The van der Waals surface area contributed by atoms with Crippen molar-refractivity contribution >= 4 is 30.5 Å². The Morgan fingerprint density at radius 3 is 2.12 bits per heavy atom. The number of halogens is 2. The van der Waals surface area contributed by atoms with Gasteiger partial charge in [-0.2, -0.15) is 0 Å². The Morgan fingerprint density at radius 1 is 1.00 bits per heavy atom. The monoisotopic (exact) mass is 263 g/mol. The first-order chi connectivity index (χ1) is 6.77. The standard InChI is InChI=1S/C11H17N3.2ClH/c1-10-4-2-3-5-11(10)13-6-8-14(12)9-7-13;;/h2-5H,6-9,12H2,1H3;2*1H. The van der Waals surface area contributed by atoms with E-state index in [9.17, 15) is 0 Å². The molecule has 0 bridgehead atoms. The third-order valence-electron chi connectivity index (χ3n) is 2.77. The molecule has 1 aliphatic rings. The normalized spacial score (nSPS) is 16.2. The topological polar surface area (TPSA) is 32.5 Å². The second kappa shape index (κ2) is 6.97. The number of para-hydroxylation sites is 1. The van der Waals surface area contributed by atoms with Crippen molar-refractivity contribution in [3.8, 4) is 0 Å². The minimum absolute atomic E-state index is 0. The van der Waals surface area contributed by atoms with Crippen LogP contribution < -0.4 is 10.7 Å². The lowest BCUT2D eigenvalue weighted by molar-refractivity contribution is 0.266. The van der Waals surface area contributed by atoms with Gasteiger partial charge in [0.2, 0.25) is 0 Å². The summed E-state index contributed by atoms with van der Waals surface area (Å²) >= 11 is 0. The van der Waals surface area contributed by atoms with E-state index in [-0.39, 0.29) is 24.8 Å². The molecule has 0 saturated carbocycles. The fourth-order valence-electron chi connectivity index (χ4n) is 1.88. The molecule has 1 aromatic rings. The molecule has 1 fully saturated rings. The summed E-state index contributed by atoms with van der Waals surface area (Å²) in [4.78, 5) is 2.40. The van der Waals surface area contributed by atoms with Gasteiger partial charge in [-0.1, -0.05) is 18.2 Å². The molecule has 0 aliphatic carbocycles. The lowest BCUT2D eigenvalue weighted by Gasteiger charge is -2.34. The molecular formula is C11H19Cl2N3. The minimum atomic E-state index is 0. The van der Waals surface area contributed by atoms with Crippen LogP contribution in [-0.2, 0) is 0 Å². The van der Waals surface area contributed by atoms with Gasteiger partial charge in [-0.3, -0.25) is 5.84 Å². The highest BCUT2D eigenvalue weighted by atomic mass is 35.5. The van der Waals surface area contributed by atoms with E-state index >= 15 is 0 Å². The maximum atomic E-state index is 5.72. The summed E-state index contributed by atoms with van der Waals surface area (Å²) in [5, 5.41) is 1.88. The summed E-state index contributed by atoms with van der Waals surface area (Å²) in [6.45, 7) is 6.12. The van der Waals surface area contributed by atoms with Crippen molar-refractivity contribution in [3.63, 3.8) is 0 Å². The zero-order chi connectivity index (χ0) is 9.97. The third-order valence-corrected chi connectivity index (χ3v) is 2.77. The lowest BCUT2D eigenvalue weighted by atomic mass is 10.1. The molecule has 2 N–H and O–H groups in total. The number of aryl methyl sites for hydroxylation is 1. The Hall–Kier alpha value is -0.480. The minimum Gasteiger partial charge on any atom is -0.369 e. The van der Waals surface area contributed by atoms with Crippen LogP contribution in [-0.4, -0.2) is 31.2 Å². The molecule has 92 valence electrons. The van der Waals surface area contributed by atoms with E-state index in [1.807, 2.05) is 5.01 Å². The summed E-state index contributed by atoms with van der Waals surface area (Å²) in [5.41, 5.74) is 2.69. The highest BCUT2D eigenvalue weighted by molar-refractivity contribution is 5.85. The number of hydrazine groups is 1. The fraction of sp³-hybridized carbons (Fsp3) is 0.455. The molecule has 16 heavy (non-hydrogen) atoms. The van der Waals surface area contributed by atoms with Crippen molar-refractivity contribution in [3.05, 3.63) is 29.8 Å². The predicted octanol–water partition coefficient (Wildman–Crippen LogP) is 1.83. The highest BCUT2D eigenvalue weighted by Gasteiger charge is 2.15. The Labute approximate surface area is 109 Å². The number of nitrogens with zero attached hydrogens (tertiary/aromatic N) is 2. The number of nitrogens with two attached hydrogens (primary N) is 1. The Balaban J connectivity index is 0.00000112. The average Bonchev–Trinajstić information content (AvgIpc) is 2.20.